The maximum atomic E-state index is 12.0. The topological polar surface area (TPSA) is 83.6 Å². The number of nitrogens with zero attached hydrogens (tertiary/aromatic N) is 1. The van der Waals surface area contributed by atoms with Crippen molar-refractivity contribution in [2.45, 2.75) is 57.9 Å². The predicted molar refractivity (Wildman–Crippen MR) is 93.2 cm³/mol. The predicted octanol–water partition coefficient (Wildman–Crippen LogP) is 1.42. The van der Waals surface area contributed by atoms with Crippen molar-refractivity contribution >= 4 is 21.7 Å². The van der Waals surface area contributed by atoms with Crippen LogP contribution in [0, 0.1) is 0 Å². The molecule has 0 spiro atoms. The number of sulfone groups is 1. The van der Waals surface area contributed by atoms with Gasteiger partial charge in [-0.3, -0.25) is 9.59 Å². The van der Waals surface area contributed by atoms with Crippen molar-refractivity contribution in [1.29, 1.82) is 0 Å². The van der Waals surface area contributed by atoms with Gasteiger partial charge in [0.1, 0.15) is 0 Å². The Hall–Kier alpha value is -1.37. The number of nitrogens with one attached hydrogen (secondary N) is 1. The second-order valence-corrected chi connectivity index (χ2v) is 9.01. The van der Waals surface area contributed by atoms with Crippen molar-refractivity contribution in [2.24, 2.45) is 0 Å². The second-order valence-electron chi connectivity index (χ2n) is 6.78. The van der Waals surface area contributed by atoms with Crippen LogP contribution in [-0.2, 0) is 19.4 Å². The first-order valence-electron chi connectivity index (χ1n) is 8.79. The van der Waals surface area contributed by atoms with Crippen molar-refractivity contribution in [3.05, 3.63) is 11.6 Å². The molecule has 136 valence electrons. The normalized spacial score (nSPS) is 22.7. The highest BCUT2D eigenvalue weighted by Gasteiger charge is 2.28. The molecule has 1 N–H and O–H groups in total. The van der Waals surface area contributed by atoms with Gasteiger partial charge < -0.3 is 10.2 Å². The average Bonchev–Trinajstić information content (AvgIpc) is 2.86. The summed E-state index contributed by atoms with van der Waals surface area (Å²) in [6.07, 6.45) is 8.56. The van der Waals surface area contributed by atoms with Crippen LogP contribution in [0.15, 0.2) is 11.6 Å². The Kier molecular flexibility index (Phi) is 6.83. The maximum absolute atomic E-state index is 12.0. The summed E-state index contributed by atoms with van der Waals surface area (Å²) in [6.45, 7) is 2.55. The molecule has 1 atom stereocenters. The summed E-state index contributed by atoms with van der Waals surface area (Å²) in [6, 6.07) is -0.277. The van der Waals surface area contributed by atoms with E-state index < -0.39 is 9.84 Å². The summed E-state index contributed by atoms with van der Waals surface area (Å²) >= 11 is 0. The SMILES string of the molecule is CC(=O)N(CCC(=O)NC1CCS(=O)(=O)C1)CCC1=CCCCC1. The van der Waals surface area contributed by atoms with Gasteiger partial charge in [-0.05, 0) is 38.5 Å². The Morgan fingerprint density at radius 2 is 2.08 bits per heavy atom. The summed E-state index contributed by atoms with van der Waals surface area (Å²) in [4.78, 5) is 25.5. The molecule has 2 aliphatic rings. The first kappa shape index (κ1) is 19.0. The van der Waals surface area contributed by atoms with Crippen molar-refractivity contribution in [1.82, 2.24) is 10.2 Å². The third-order valence-electron chi connectivity index (χ3n) is 4.74. The first-order valence-corrected chi connectivity index (χ1v) is 10.6. The lowest BCUT2D eigenvalue weighted by Crippen LogP contribution is -2.39. The molecule has 1 aliphatic carbocycles. The van der Waals surface area contributed by atoms with Gasteiger partial charge in [0.25, 0.3) is 0 Å². The summed E-state index contributed by atoms with van der Waals surface area (Å²) in [5.74, 6) is -0.0291. The Balaban J connectivity index is 1.73. The molecule has 2 amide bonds. The van der Waals surface area contributed by atoms with Crippen LogP contribution in [-0.4, -0.2) is 55.8 Å². The van der Waals surface area contributed by atoms with E-state index in [0.717, 1.165) is 19.3 Å². The van der Waals surface area contributed by atoms with Crippen molar-refractivity contribution < 1.29 is 18.0 Å². The number of rotatable bonds is 7. The van der Waals surface area contributed by atoms with Gasteiger partial charge in [-0.15, -0.1) is 0 Å². The highest BCUT2D eigenvalue weighted by Crippen LogP contribution is 2.20. The molecule has 0 aromatic rings. The zero-order valence-electron chi connectivity index (χ0n) is 14.4. The van der Waals surface area contributed by atoms with Crippen LogP contribution in [0.1, 0.15) is 51.9 Å². The molecular formula is C17H28N2O4S. The summed E-state index contributed by atoms with van der Waals surface area (Å²) < 4.78 is 22.8. The molecule has 2 rings (SSSR count). The first-order chi connectivity index (χ1) is 11.4. The lowest BCUT2D eigenvalue weighted by atomic mass is 9.97. The molecule has 1 aliphatic heterocycles. The van der Waals surface area contributed by atoms with E-state index in [4.69, 9.17) is 0 Å². The number of hydrogen-bond acceptors (Lipinski definition) is 4. The molecule has 7 heteroatoms. The largest absolute Gasteiger partial charge is 0.352 e. The van der Waals surface area contributed by atoms with Gasteiger partial charge in [-0.25, -0.2) is 8.42 Å². The number of carbonyl (C=O) groups excluding carboxylic acids is 2. The van der Waals surface area contributed by atoms with Crippen LogP contribution >= 0.6 is 0 Å². The van der Waals surface area contributed by atoms with E-state index in [-0.39, 0.29) is 35.8 Å². The molecule has 0 aromatic heterocycles. The molecule has 24 heavy (non-hydrogen) atoms. The van der Waals surface area contributed by atoms with Crippen molar-refractivity contribution in [3.8, 4) is 0 Å². The van der Waals surface area contributed by atoms with E-state index in [9.17, 15) is 18.0 Å². The minimum atomic E-state index is -2.99. The smallest absolute Gasteiger partial charge is 0.222 e. The fourth-order valence-corrected chi connectivity index (χ4v) is 4.96. The number of hydrogen-bond donors (Lipinski definition) is 1. The van der Waals surface area contributed by atoms with E-state index >= 15 is 0 Å². The number of carbonyl (C=O) groups is 2. The third-order valence-corrected chi connectivity index (χ3v) is 6.51. The molecule has 0 saturated carbocycles. The molecule has 0 radical (unpaired) electrons. The fourth-order valence-electron chi connectivity index (χ4n) is 3.28. The standard InChI is InChI=1S/C17H28N2O4S/c1-14(20)19(10-7-15-5-3-2-4-6-15)11-8-17(21)18-16-9-12-24(22,23)13-16/h5,16H,2-4,6-13H2,1H3,(H,18,21). The molecule has 1 fully saturated rings. The second kappa shape index (κ2) is 8.65. The Labute approximate surface area is 144 Å². The molecular weight excluding hydrogens is 328 g/mol. The fraction of sp³-hybridized carbons (Fsp3) is 0.765. The quantitative estimate of drug-likeness (QED) is 0.699. The van der Waals surface area contributed by atoms with Crippen LogP contribution < -0.4 is 5.32 Å². The minimum Gasteiger partial charge on any atom is -0.352 e. The molecule has 1 heterocycles. The van der Waals surface area contributed by atoms with Crippen molar-refractivity contribution in [2.75, 3.05) is 24.6 Å². The van der Waals surface area contributed by atoms with Gasteiger partial charge in [-0.2, -0.15) is 0 Å². The van der Waals surface area contributed by atoms with Gasteiger partial charge >= 0.3 is 0 Å². The lowest BCUT2D eigenvalue weighted by Gasteiger charge is -2.23. The zero-order chi connectivity index (χ0) is 17.6. The Morgan fingerprint density at radius 3 is 2.67 bits per heavy atom. The van der Waals surface area contributed by atoms with Crippen LogP contribution in [0.2, 0.25) is 0 Å². The van der Waals surface area contributed by atoms with Crippen molar-refractivity contribution in [3.63, 3.8) is 0 Å². The van der Waals surface area contributed by atoms with Gasteiger partial charge in [0, 0.05) is 32.5 Å². The summed E-state index contributed by atoms with van der Waals surface area (Å²) in [5.41, 5.74) is 1.41. The molecule has 1 unspecified atom stereocenters. The molecule has 6 nitrogen and oxygen atoms in total. The number of amides is 2. The third kappa shape index (κ3) is 6.26. The van der Waals surface area contributed by atoms with Gasteiger partial charge in [-0.1, -0.05) is 11.6 Å². The van der Waals surface area contributed by atoms with Crippen LogP contribution in [0.5, 0.6) is 0 Å². The van der Waals surface area contributed by atoms with Gasteiger partial charge in [0.2, 0.25) is 11.8 Å². The van der Waals surface area contributed by atoms with Gasteiger partial charge in [0.15, 0.2) is 9.84 Å². The van der Waals surface area contributed by atoms with Crippen LogP contribution in [0.3, 0.4) is 0 Å². The van der Waals surface area contributed by atoms with E-state index in [1.807, 2.05) is 0 Å². The molecule has 0 aromatic carbocycles. The molecule has 1 saturated heterocycles. The lowest BCUT2D eigenvalue weighted by molar-refractivity contribution is -0.129. The zero-order valence-corrected chi connectivity index (χ0v) is 15.2. The summed E-state index contributed by atoms with van der Waals surface area (Å²) in [7, 11) is -2.99. The van der Waals surface area contributed by atoms with E-state index in [0.29, 0.717) is 19.5 Å². The van der Waals surface area contributed by atoms with Crippen LogP contribution in [0.25, 0.3) is 0 Å². The minimum absolute atomic E-state index is 0.0253. The van der Waals surface area contributed by atoms with E-state index in [2.05, 4.69) is 11.4 Å². The van der Waals surface area contributed by atoms with Crippen LogP contribution in [0.4, 0.5) is 0 Å². The highest BCUT2D eigenvalue weighted by molar-refractivity contribution is 7.91. The highest BCUT2D eigenvalue weighted by atomic mass is 32.2. The Bertz CT molecular complexity index is 598. The summed E-state index contributed by atoms with van der Waals surface area (Å²) in [5, 5.41) is 2.77. The maximum Gasteiger partial charge on any atom is 0.222 e. The van der Waals surface area contributed by atoms with E-state index in [1.165, 1.54) is 25.3 Å². The average molecular weight is 356 g/mol. The monoisotopic (exact) mass is 356 g/mol. The number of allylic oxidation sites excluding steroid dienone is 1. The van der Waals surface area contributed by atoms with Gasteiger partial charge in [0.05, 0.1) is 11.5 Å². The molecule has 0 bridgehead atoms. The Morgan fingerprint density at radius 1 is 1.29 bits per heavy atom. The van der Waals surface area contributed by atoms with E-state index in [1.54, 1.807) is 4.90 Å².